The second-order valence-corrected chi connectivity index (χ2v) is 3.00. The van der Waals surface area contributed by atoms with E-state index < -0.39 is 23.7 Å². The quantitative estimate of drug-likeness (QED) is 0.812. The number of nitrogen functional groups attached to an aromatic ring is 1. The van der Waals surface area contributed by atoms with Gasteiger partial charge in [-0.05, 0) is 13.0 Å². The van der Waals surface area contributed by atoms with Gasteiger partial charge in [-0.15, -0.1) is 0 Å². The molecule has 5 nitrogen and oxygen atoms in total. The Morgan fingerprint density at radius 3 is 2.82 bits per heavy atom. The standard InChI is InChI=1S/C10H9F2N3O2/c1-2-17-10(16)8-6(14)3-5(9(11)12)7(4-13)15-8/h3,9H,2,14H2,1H3. The largest absolute Gasteiger partial charge is 0.461 e. The van der Waals surface area contributed by atoms with Crippen molar-refractivity contribution in [2.75, 3.05) is 12.3 Å². The lowest BCUT2D eigenvalue weighted by Gasteiger charge is -2.08. The summed E-state index contributed by atoms with van der Waals surface area (Å²) in [4.78, 5) is 14.8. The molecular weight excluding hydrogens is 232 g/mol. The van der Waals surface area contributed by atoms with Crippen LogP contribution in [0.1, 0.15) is 35.1 Å². The van der Waals surface area contributed by atoms with Crippen molar-refractivity contribution in [1.29, 1.82) is 5.26 Å². The molecular formula is C10H9F2N3O2. The Labute approximate surface area is 95.8 Å². The zero-order valence-electron chi connectivity index (χ0n) is 8.91. The maximum absolute atomic E-state index is 12.5. The lowest BCUT2D eigenvalue weighted by molar-refractivity contribution is 0.0520. The number of aromatic nitrogens is 1. The fraction of sp³-hybridized carbons (Fsp3) is 0.300. The van der Waals surface area contributed by atoms with Crippen molar-refractivity contribution in [3.8, 4) is 6.07 Å². The third-order valence-electron chi connectivity index (χ3n) is 1.89. The van der Waals surface area contributed by atoms with Crippen molar-refractivity contribution in [1.82, 2.24) is 4.98 Å². The molecule has 1 aromatic rings. The number of hydrogen-bond donors (Lipinski definition) is 1. The van der Waals surface area contributed by atoms with Crippen molar-refractivity contribution in [3.05, 3.63) is 23.0 Å². The Bertz CT molecular complexity index is 483. The highest BCUT2D eigenvalue weighted by Gasteiger charge is 2.21. The van der Waals surface area contributed by atoms with Crippen LogP contribution in [0.5, 0.6) is 0 Å². The van der Waals surface area contributed by atoms with Crippen LogP contribution in [-0.2, 0) is 4.74 Å². The molecule has 1 rings (SSSR count). The van der Waals surface area contributed by atoms with E-state index in [9.17, 15) is 13.6 Å². The highest BCUT2D eigenvalue weighted by atomic mass is 19.3. The third kappa shape index (κ3) is 2.66. The van der Waals surface area contributed by atoms with Crippen LogP contribution >= 0.6 is 0 Å². The molecule has 0 saturated heterocycles. The number of anilines is 1. The Hall–Kier alpha value is -2.23. The molecule has 0 aliphatic heterocycles. The van der Waals surface area contributed by atoms with Gasteiger partial charge < -0.3 is 10.5 Å². The van der Waals surface area contributed by atoms with Crippen LogP contribution in [0.25, 0.3) is 0 Å². The number of alkyl halides is 2. The first-order chi connectivity index (χ1) is 8.01. The molecule has 0 radical (unpaired) electrons. The lowest BCUT2D eigenvalue weighted by Crippen LogP contribution is -2.13. The van der Waals surface area contributed by atoms with E-state index >= 15 is 0 Å². The first kappa shape index (κ1) is 12.8. The summed E-state index contributed by atoms with van der Waals surface area (Å²) < 4.78 is 29.7. The lowest BCUT2D eigenvalue weighted by atomic mass is 10.1. The van der Waals surface area contributed by atoms with Crippen molar-refractivity contribution in [2.45, 2.75) is 13.3 Å². The molecule has 0 amide bonds. The summed E-state index contributed by atoms with van der Waals surface area (Å²) in [6.07, 6.45) is -2.88. The highest BCUT2D eigenvalue weighted by molar-refractivity contribution is 5.93. The smallest absolute Gasteiger partial charge is 0.359 e. The second-order valence-electron chi connectivity index (χ2n) is 3.00. The number of halogens is 2. The van der Waals surface area contributed by atoms with Gasteiger partial charge in [-0.3, -0.25) is 0 Å². The van der Waals surface area contributed by atoms with Crippen LogP contribution in [0.2, 0.25) is 0 Å². The van der Waals surface area contributed by atoms with Crippen LogP contribution < -0.4 is 5.73 Å². The van der Waals surface area contributed by atoms with Crippen LogP contribution in [-0.4, -0.2) is 17.6 Å². The molecule has 0 aliphatic rings. The number of esters is 1. The second kappa shape index (κ2) is 5.21. The van der Waals surface area contributed by atoms with E-state index in [0.29, 0.717) is 0 Å². The molecule has 1 heterocycles. The molecule has 1 aromatic heterocycles. The fourth-order valence-corrected chi connectivity index (χ4v) is 1.16. The first-order valence-corrected chi connectivity index (χ1v) is 4.67. The molecule has 0 fully saturated rings. The zero-order chi connectivity index (χ0) is 13.0. The van der Waals surface area contributed by atoms with E-state index in [2.05, 4.69) is 9.72 Å². The maximum Gasteiger partial charge on any atom is 0.359 e. The highest BCUT2D eigenvalue weighted by Crippen LogP contribution is 2.25. The van der Waals surface area contributed by atoms with E-state index in [1.807, 2.05) is 0 Å². The summed E-state index contributed by atoms with van der Waals surface area (Å²) in [5.41, 5.74) is 3.71. The molecule has 0 bridgehead atoms. The summed E-state index contributed by atoms with van der Waals surface area (Å²) in [7, 11) is 0. The summed E-state index contributed by atoms with van der Waals surface area (Å²) >= 11 is 0. The molecule has 2 N–H and O–H groups in total. The number of hydrogen-bond acceptors (Lipinski definition) is 5. The first-order valence-electron chi connectivity index (χ1n) is 4.67. The predicted octanol–water partition coefficient (Wildman–Crippen LogP) is 1.65. The van der Waals surface area contributed by atoms with Gasteiger partial charge in [0.2, 0.25) is 0 Å². The Morgan fingerprint density at radius 2 is 2.35 bits per heavy atom. The van der Waals surface area contributed by atoms with Gasteiger partial charge in [-0.1, -0.05) is 0 Å². The number of ether oxygens (including phenoxy) is 1. The van der Waals surface area contributed by atoms with Gasteiger partial charge in [0.25, 0.3) is 6.43 Å². The van der Waals surface area contributed by atoms with Crippen LogP contribution in [0.3, 0.4) is 0 Å². The average Bonchev–Trinajstić information content (AvgIpc) is 2.28. The number of nitrogens with two attached hydrogens (primary N) is 1. The molecule has 0 unspecified atom stereocenters. The number of nitriles is 1. The number of rotatable bonds is 3. The molecule has 17 heavy (non-hydrogen) atoms. The van der Waals surface area contributed by atoms with E-state index in [0.717, 1.165) is 6.07 Å². The van der Waals surface area contributed by atoms with Crippen molar-refractivity contribution >= 4 is 11.7 Å². The van der Waals surface area contributed by atoms with E-state index in [1.165, 1.54) is 6.07 Å². The molecule has 90 valence electrons. The molecule has 0 atom stereocenters. The minimum Gasteiger partial charge on any atom is -0.461 e. The normalized spacial score (nSPS) is 10.1. The third-order valence-corrected chi connectivity index (χ3v) is 1.89. The van der Waals surface area contributed by atoms with Gasteiger partial charge in [0.1, 0.15) is 6.07 Å². The van der Waals surface area contributed by atoms with Gasteiger partial charge in [-0.2, -0.15) is 5.26 Å². The topological polar surface area (TPSA) is 89.0 Å². The van der Waals surface area contributed by atoms with Crippen molar-refractivity contribution in [3.63, 3.8) is 0 Å². The van der Waals surface area contributed by atoms with Crippen LogP contribution in [0, 0.1) is 11.3 Å². The molecule has 0 aliphatic carbocycles. The van der Waals surface area contributed by atoms with Crippen LogP contribution in [0.4, 0.5) is 14.5 Å². The molecule has 0 spiro atoms. The van der Waals surface area contributed by atoms with Crippen molar-refractivity contribution in [2.24, 2.45) is 0 Å². The zero-order valence-corrected chi connectivity index (χ0v) is 8.91. The van der Waals surface area contributed by atoms with Gasteiger partial charge in [0.05, 0.1) is 17.9 Å². The number of pyridine rings is 1. The van der Waals surface area contributed by atoms with Gasteiger partial charge in [0, 0.05) is 0 Å². The van der Waals surface area contributed by atoms with Crippen molar-refractivity contribution < 1.29 is 18.3 Å². The van der Waals surface area contributed by atoms with E-state index in [1.54, 1.807) is 6.92 Å². The summed E-state index contributed by atoms with van der Waals surface area (Å²) in [5, 5.41) is 8.66. The van der Waals surface area contributed by atoms with E-state index in [-0.39, 0.29) is 18.0 Å². The monoisotopic (exact) mass is 241 g/mol. The summed E-state index contributed by atoms with van der Waals surface area (Å²) in [6, 6.07) is 2.35. The Morgan fingerprint density at radius 1 is 1.71 bits per heavy atom. The van der Waals surface area contributed by atoms with Gasteiger partial charge in [-0.25, -0.2) is 18.6 Å². The van der Waals surface area contributed by atoms with Gasteiger partial charge >= 0.3 is 5.97 Å². The minimum atomic E-state index is -2.88. The average molecular weight is 241 g/mol. The minimum absolute atomic E-state index is 0.0957. The van der Waals surface area contributed by atoms with Crippen LogP contribution in [0.15, 0.2) is 6.07 Å². The Balaban J connectivity index is 3.28. The molecule has 7 heteroatoms. The Kier molecular flexibility index (Phi) is 3.93. The SMILES string of the molecule is CCOC(=O)c1nc(C#N)c(C(F)F)cc1N. The summed E-state index contributed by atoms with van der Waals surface area (Å²) in [6.45, 7) is 1.67. The summed E-state index contributed by atoms with van der Waals surface area (Å²) in [5.74, 6) is -0.845. The number of carbonyl (C=O) groups excluding carboxylic acids is 1. The molecule has 0 aromatic carbocycles. The number of carbonyl (C=O) groups is 1. The fourth-order valence-electron chi connectivity index (χ4n) is 1.16. The number of nitrogens with zero attached hydrogens (tertiary/aromatic N) is 2. The molecule has 0 saturated carbocycles. The maximum atomic E-state index is 12.5. The predicted molar refractivity (Wildman–Crippen MR) is 54.3 cm³/mol. The van der Waals surface area contributed by atoms with Gasteiger partial charge in [0.15, 0.2) is 11.4 Å². The van der Waals surface area contributed by atoms with E-state index in [4.69, 9.17) is 11.0 Å².